The number of hydrogen-bond donors (Lipinski definition) is 0. The Kier molecular flexibility index (Phi) is 1.71. The van der Waals surface area contributed by atoms with Gasteiger partial charge in [0.05, 0.1) is 0 Å². The second-order valence-electron chi connectivity index (χ2n) is 4.17. The van der Waals surface area contributed by atoms with E-state index in [2.05, 4.69) is 39.0 Å². The highest BCUT2D eigenvalue weighted by Gasteiger charge is 2.24. The summed E-state index contributed by atoms with van der Waals surface area (Å²) in [4.78, 5) is 0. The van der Waals surface area contributed by atoms with Gasteiger partial charge in [-0.1, -0.05) is 37.6 Å². The number of fused-ring (bicyclic) bond motifs is 1. The molecule has 0 saturated carbocycles. The molecular formula is C12H16. The summed E-state index contributed by atoms with van der Waals surface area (Å²) in [5.41, 5.74) is 4.55. The molecule has 0 fully saturated rings. The molecule has 0 N–H and O–H groups in total. The first-order chi connectivity index (χ1) is 5.68. The zero-order chi connectivity index (χ0) is 8.72. The van der Waals surface area contributed by atoms with E-state index in [-0.39, 0.29) is 0 Å². The fourth-order valence-corrected chi connectivity index (χ4v) is 2.19. The third-order valence-corrected chi connectivity index (χ3v) is 3.18. The maximum absolute atomic E-state index is 2.35. The molecule has 1 aliphatic carbocycles. The number of rotatable bonds is 0. The standard InChI is InChI=1S/C12H16/c1-8-4-5-12-10(3)9(2)7-11(12)6-8/h4-6,9-10H,7H2,1-3H3/t9-,10+/m0/s1. The van der Waals surface area contributed by atoms with Gasteiger partial charge in [-0.2, -0.15) is 0 Å². The van der Waals surface area contributed by atoms with Crippen LogP contribution in [0.3, 0.4) is 0 Å². The van der Waals surface area contributed by atoms with Crippen LogP contribution in [-0.2, 0) is 6.42 Å². The predicted molar refractivity (Wildman–Crippen MR) is 52.5 cm³/mol. The molecule has 2 atom stereocenters. The van der Waals surface area contributed by atoms with E-state index < -0.39 is 0 Å². The highest BCUT2D eigenvalue weighted by Crippen LogP contribution is 2.37. The quantitative estimate of drug-likeness (QED) is 0.546. The number of aryl methyl sites for hydroxylation is 1. The van der Waals surface area contributed by atoms with Gasteiger partial charge in [0.2, 0.25) is 0 Å². The predicted octanol–water partition coefficient (Wildman–Crippen LogP) is 3.29. The third-order valence-electron chi connectivity index (χ3n) is 3.18. The van der Waals surface area contributed by atoms with Crippen molar-refractivity contribution in [3.8, 4) is 0 Å². The Hall–Kier alpha value is -0.780. The molecule has 1 aliphatic rings. The molecule has 0 aromatic heterocycles. The van der Waals surface area contributed by atoms with Crippen molar-refractivity contribution in [1.82, 2.24) is 0 Å². The number of benzene rings is 1. The van der Waals surface area contributed by atoms with Crippen molar-refractivity contribution >= 4 is 0 Å². The summed E-state index contributed by atoms with van der Waals surface area (Å²) in [6.45, 7) is 6.86. The van der Waals surface area contributed by atoms with Crippen LogP contribution in [0, 0.1) is 12.8 Å². The van der Waals surface area contributed by atoms with E-state index in [9.17, 15) is 0 Å². The SMILES string of the molecule is Cc1ccc2c(c1)C[C@H](C)[C@H]2C. The zero-order valence-electron chi connectivity index (χ0n) is 8.09. The van der Waals surface area contributed by atoms with Crippen molar-refractivity contribution < 1.29 is 0 Å². The van der Waals surface area contributed by atoms with Gasteiger partial charge in [0.25, 0.3) is 0 Å². The Morgan fingerprint density at radius 2 is 2.00 bits per heavy atom. The van der Waals surface area contributed by atoms with E-state index >= 15 is 0 Å². The lowest BCUT2D eigenvalue weighted by Gasteiger charge is -2.08. The van der Waals surface area contributed by atoms with Crippen molar-refractivity contribution in [3.63, 3.8) is 0 Å². The van der Waals surface area contributed by atoms with Gasteiger partial charge in [-0.25, -0.2) is 0 Å². The normalized spacial score (nSPS) is 27.2. The van der Waals surface area contributed by atoms with Gasteiger partial charge in [-0.3, -0.25) is 0 Å². The zero-order valence-corrected chi connectivity index (χ0v) is 8.09. The second-order valence-corrected chi connectivity index (χ2v) is 4.17. The van der Waals surface area contributed by atoms with Crippen molar-refractivity contribution in [1.29, 1.82) is 0 Å². The van der Waals surface area contributed by atoms with Gasteiger partial charge in [0, 0.05) is 0 Å². The number of hydrogen-bond acceptors (Lipinski definition) is 0. The Morgan fingerprint density at radius 3 is 2.75 bits per heavy atom. The molecule has 2 rings (SSSR count). The molecule has 0 unspecified atom stereocenters. The van der Waals surface area contributed by atoms with Gasteiger partial charge in [0.15, 0.2) is 0 Å². The van der Waals surface area contributed by atoms with Crippen LogP contribution >= 0.6 is 0 Å². The lowest BCUT2D eigenvalue weighted by Crippen LogP contribution is -1.97. The first kappa shape index (κ1) is 7.85. The molecule has 0 heterocycles. The molecule has 0 nitrogen and oxygen atoms in total. The minimum Gasteiger partial charge on any atom is -0.0616 e. The average molecular weight is 160 g/mol. The van der Waals surface area contributed by atoms with E-state index in [0.29, 0.717) is 0 Å². The molecule has 0 spiro atoms. The molecular weight excluding hydrogens is 144 g/mol. The fraction of sp³-hybridized carbons (Fsp3) is 0.500. The molecule has 0 saturated heterocycles. The fourth-order valence-electron chi connectivity index (χ4n) is 2.19. The smallest absolute Gasteiger partial charge is 0.0159 e. The molecule has 12 heavy (non-hydrogen) atoms. The Balaban J connectivity index is 2.47. The van der Waals surface area contributed by atoms with Gasteiger partial charge in [-0.15, -0.1) is 0 Å². The average Bonchev–Trinajstić information content (AvgIpc) is 2.28. The van der Waals surface area contributed by atoms with E-state index in [1.54, 1.807) is 11.1 Å². The van der Waals surface area contributed by atoms with Gasteiger partial charge < -0.3 is 0 Å². The molecule has 0 radical (unpaired) electrons. The molecule has 0 amide bonds. The lowest BCUT2D eigenvalue weighted by molar-refractivity contribution is 0.532. The molecule has 64 valence electrons. The van der Waals surface area contributed by atoms with E-state index in [1.165, 1.54) is 12.0 Å². The maximum atomic E-state index is 2.35. The van der Waals surface area contributed by atoms with Gasteiger partial charge in [-0.05, 0) is 36.3 Å². The third kappa shape index (κ3) is 1.06. The molecule has 1 aromatic rings. The van der Waals surface area contributed by atoms with Crippen molar-refractivity contribution in [2.75, 3.05) is 0 Å². The second kappa shape index (κ2) is 2.62. The van der Waals surface area contributed by atoms with Crippen LogP contribution < -0.4 is 0 Å². The Morgan fingerprint density at radius 1 is 1.25 bits per heavy atom. The maximum Gasteiger partial charge on any atom is -0.0159 e. The summed E-state index contributed by atoms with van der Waals surface area (Å²) >= 11 is 0. The summed E-state index contributed by atoms with van der Waals surface area (Å²) in [6, 6.07) is 6.88. The highest BCUT2D eigenvalue weighted by atomic mass is 14.3. The monoisotopic (exact) mass is 160 g/mol. The summed E-state index contributed by atoms with van der Waals surface area (Å²) < 4.78 is 0. The van der Waals surface area contributed by atoms with E-state index in [1.807, 2.05) is 0 Å². The van der Waals surface area contributed by atoms with E-state index in [4.69, 9.17) is 0 Å². The molecule has 0 bridgehead atoms. The Bertz CT molecular complexity index is 299. The minimum absolute atomic E-state index is 0.764. The minimum atomic E-state index is 0.764. The van der Waals surface area contributed by atoms with Crippen LogP contribution in [0.25, 0.3) is 0 Å². The summed E-state index contributed by atoms with van der Waals surface area (Å²) in [7, 11) is 0. The van der Waals surface area contributed by atoms with Crippen molar-refractivity contribution in [3.05, 3.63) is 34.9 Å². The van der Waals surface area contributed by atoms with Crippen LogP contribution in [0.2, 0.25) is 0 Å². The lowest BCUT2D eigenvalue weighted by atomic mass is 9.96. The van der Waals surface area contributed by atoms with Crippen LogP contribution in [0.15, 0.2) is 18.2 Å². The topological polar surface area (TPSA) is 0 Å². The first-order valence-electron chi connectivity index (χ1n) is 4.78. The molecule has 1 aromatic carbocycles. The van der Waals surface area contributed by atoms with Gasteiger partial charge in [0.1, 0.15) is 0 Å². The summed E-state index contributed by atoms with van der Waals surface area (Å²) in [6.07, 6.45) is 1.28. The first-order valence-corrected chi connectivity index (χ1v) is 4.78. The van der Waals surface area contributed by atoms with Crippen LogP contribution in [0.5, 0.6) is 0 Å². The van der Waals surface area contributed by atoms with Crippen molar-refractivity contribution in [2.24, 2.45) is 5.92 Å². The largest absolute Gasteiger partial charge is 0.0616 e. The summed E-state index contributed by atoms with van der Waals surface area (Å²) in [5.74, 6) is 1.60. The molecule has 0 heteroatoms. The Labute approximate surface area is 74.6 Å². The summed E-state index contributed by atoms with van der Waals surface area (Å²) in [5, 5.41) is 0. The van der Waals surface area contributed by atoms with Crippen LogP contribution in [-0.4, -0.2) is 0 Å². The highest BCUT2D eigenvalue weighted by molar-refractivity contribution is 5.38. The van der Waals surface area contributed by atoms with Gasteiger partial charge >= 0.3 is 0 Å². The van der Waals surface area contributed by atoms with E-state index in [0.717, 1.165) is 11.8 Å². The molecule has 0 aliphatic heterocycles. The van der Waals surface area contributed by atoms with Crippen LogP contribution in [0.4, 0.5) is 0 Å². The van der Waals surface area contributed by atoms with Crippen molar-refractivity contribution in [2.45, 2.75) is 33.1 Å². The van der Waals surface area contributed by atoms with Crippen LogP contribution in [0.1, 0.15) is 36.5 Å².